The average Bonchev–Trinajstić information content (AvgIpc) is 1.28. The second-order valence-corrected chi connectivity index (χ2v) is 31.8. The van der Waals surface area contributed by atoms with Crippen LogP contribution in [0.2, 0.25) is 0 Å². The molecule has 0 amide bonds. The normalized spacial score (nSPS) is 23.3. The number of carbonyl (C=O) groups is 4. The number of nitrogens with zero attached hydrogens (tertiary/aromatic N) is 4. The van der Waals surface area contributed by atoms with Crippen molar-refractivity contribution in [2.24, 2.45) is 10.8 Å². The Morgan fingerprint density at radius 2 is 0.534 bits per heavy atom. The number of carbonyl (C=O) groups excluding carboxylic acids is 4. The maximum Gasteiger partial charge on any atom is 0.323 e. The molecule has 19 heteroatoms. The Kier molecular flexibility index (Phi) is 29.2. The van der Waals surface area contributed by atoms with Crippen molar-refractivity contribution in [2.75, 3.05) is 59.9 Å². The van der Waals surface area contributed by atoms with Gasteiger partial charge in [-0.1, -0.05) is 65.2 Å². The summed E-state index contributed by atoms with van der Waals surface area (Å²) in [4.78, 5) is 60.8. The lowest BCUT2D eigenvalue weighted by atomic mass is 9.76. The van der Waals surface area contributed by atoms with Crippen LogP contribution in [-0.2, 0) is 57.1 Å². The molecule has 0 aromatic carbocycles. The minimum atomic E-state index is -1.56. The molecule has 0 aromatic rings. The summed E-state index contributed by atoms with van der Waals surface area (Å²) in [6.07, 6.45) is 13.0. The van der Waals surface area contributed by atoms with Gasteiger partial charge in [0.05, 0.1) is 77.3 Å². The largest absolute Gasteiger partial charge is 0.465 e. The predicted molar refractivity (Wildman–Crippen MR) is 341 cm³/mol. The molecule has 4 aliphatic heterocycles. The van der Waals surface area contributed by atoms with E-state index in [1.54, 1.807) is 0 Å². The maximum atomic E-state index is 14.6. The second kappa shape index (κ2) is 33.0. The van der Waals surface area contributed by atoms with Crippen molar-refractivity contribution >= 4 is 23.9 Å². The summed E-state index contributed by atoms with van der Waals surface area (Å²) in [6.45, 7) is 38.7. The molecule has 514 valence electrons. The van der Waals surface area contributed by atoms with Gasteiger partial charge in [0.25, 0.3) is 0 Å². The fourth-order valence-corrected chi connectivity index (χ4v) is 15.1. The number of esters is 4. The summed E-state index contributed by atoms with van der Waals surface area (Å²) < 4.78 is 49.5. The lowest BCUT2D eigenvalue weighted by Crippen LogP contribution is -2.60. The molecule has 0 bridgehead atoms. The summed E-state index contributed by atoms with van der Waals surface area (Å²) in [5.74, 6) is -2.41. The van der Waals surface area contributed by atoms with Crippen LogP contribution in [0.3, 0.4) is 0 Å². The van der Waals surface area contributed by atoms with Gasteiger partial charge in [-0.3, -0.25) is 24.1 Å². The molecule has 4 aliphatic rings. The fourth-order valence-electron chi connectivity index (χ4n) is 15.1. The molecule has 4 rings (SSSR count). The Hall–Kier alpha value is -2.56. The summed E-state index contributed by atoms with van der Waals surface area (Å²) in [7, 11) is 2.17. The highest BCUT2D eigenvalue weighted by molar-refractivity contribution is 6.00. The van der Waals surface area contributed by atoms with Gasteiger partial charge in [-0.25, -0.2) is 0 Å². The highest BCUT2D eigenvalue weighted by Gasteiger charge is 2.52. The minimum absolute atomic E-state index is 0.0357. The summed E-state index contributed by atoms with van der Waals surface area (Å²) in [5, 5.41) is 36.7. The van der Waals surface area contributed by atoms with E-state index in [2.05, 4.69) is 39.6 Å². The molecule has 4 saturated heterocycles. The van der Waals surface area contributed by atoms with Gasteiger partial charge in [0.2, 0.25) is 0 Å². The number of hydrogen-bond acceptors (Lipinski definition) is 19. The molecule has 0 saturated carbocycles. The minimum Gasteiger partial charge on any atom is -0.465 e. The number of hydrogen-bond donors (Lipinski definition) is 3. The average molecular weight is 1250 g/mol. The first-order chi connectivity index (χ1) is 40.8. The molecule has 1 unspecified atom stereocenters. The van der Waals surface area contributed by atoms with Gasteiger partial charge >= 0.3 is 23.9 Å². The smallest absolute Gasteiger partial charge is 0.323 e. The van der Waals surface area contributed by atoms with Crippen molar-refractivity contribution < 1.29 is 72.7 Å². The molecule has 0 aliphatic carbocycles. The molecule has 88 heavy (non-hydrogen) atoms. The fraction of sp³-hybridized carbons (Fsp3) is 0.942. The molecular weight excluding hydrogens is 1120 g/mol. The van der Waals surface area contributed by atoms with Crippen LogP contribution in [0.25, 0.3) is 0 Å². The lowest BCUT2D eigenvalue weighted by Gasteiger charge is -2.53. The number of ether oxygens (including phenoxy) is 8. The van der Waals surface area contributed by atoms with Crippen molar-refractivity contribution in [1.29, 1.82) is 0 Å². The third-order valence-electron chi connectivity index (χ3n) is 20.0. The van der Waals surface area contributed by atoms with E-state index < -0.39 is 67.9 Å². The van der Waals surface area contributed by atoms with Gasteiger partial charge in [0, 0.05) is 70.0 Å². The number of likely N-dealkylation sites (tertiary alicyclic amines) is 1. The number of piperidine rings is 4. The third-order valence-corrected chi connectivity index (χ3v) is 20.0. The standard InChI is InChI=1S/C69H128N4O15/c1-20-22-32-68(56(74)85-40-28-36-81-52-44-60(3,4)70(19)61(5,6)45-52,57(75)86-41-29-37-82-53-46-62(7,8)71(78)63(9,10)47-53)34-26-24-25-27-35-69(33-23-21-2,58(76)87-42-30-38-83-54-48-64(11,12)72(79)65(13,14)49-54)59(77)88-43-31-39-84-55-50-66(15,16)73(80)67(17,18)51-55/h52-55,78-80H,20-51H2,1-19H3. The van der Waals surface area contributed by atoms with Crippen LogP contribution in [0, 0.1) is 10.8 Å². The van der Waals surface area contributed by atoms with Crippen molar-refractivity contribution in [3.63, 3.8) is 0 Å². The summed E-state index contributed by atoms with van der Waals surface area (Å²) in [5.41, 5.74) is -6.02. The monoisotopic (exact) mass is 1250 g/mol. The maximum absolute atomic E-state index is 14.6. The number of unbranched alkanes of at least 4 members (excludes halogenated alkanes) is 5. The molecule has 4 fully saturated rings. The molecule has 1 atom stereocenters. The molecule has 0 radical (unpaired) electrons. The zero-order valence-corrected chi connectivity index (χ0v) is 59.0. The van der Waals surface area contributed by atoms with E-state index in [-0.39, 0.29) is 87.6 Å². The molecule has 4 heterocycles. The summed E-state index contributed by atoms with van der Waals surface area (Å²) in [6, 6.07) is 0. The summed E-state index contributed by atoms with van der Waals surface area (Å²) >= 11 is 0. The number of rotatable bonds is 37. The SMILES string of the molecule is CCCCC(CCCCCCC(CCCC)(C(=O)OCCCOC1CC(C)(C)N(O)C(C)(C)C1)C(=O)OCCCOC1CC(C)(C)N(O)C(C)(C)C1)(C(=O)OCCCOC1CC(C)(C)N(C)C(C)(C)C1)C(=O)OCCCOC1CC(C)(C)N(O)C(C)(C)C1. The van der Waals surface area contributed by atoms with E-state index in [1.807, 2.05) is 96.9 Å². The van der Waals surface area contributed by atoms with Crippen LogP contribution in [0.1, 0.15) is 279 Å². The highest BCUT2D eigenvalue weighted by atomic mass is 16.6. The van der Waals surface area contributed by atoms with Gasteiger partial charge in [-0.15, -0.1) is 0 Å². The van der Waals surface area contributed by atoms with Gasteiger partial charge in [0.1, 0.15) is 0 Å². The Morgan fingerprint density at radius 1 is 0.330 bits per heavy atom. The van der Waals surface area contributed by atoms with E-state index in [9.17, 15) is 34.8 Å². The van der Waals surface area contributed by atoms with E-state index in [0.717, 1.165) is 25.7 Å². The number of hydroxylamine groups is 6. The molecule has 19 nitrogen and oxygen atoms in total. The van der Waals surface area contributed by atoms with E-state index >= 15 is 0 Å². The first-order valence-electron chi connectivity index (χ1n) is 34.1. The third kappa shape index (κ3) is 21.5. The van der Waals surface area contributed by atoms with Gasteiger partial charge in [0.15, 0.2) is 10.8 Å². The van der Waals surface area contributed by atoms with E-state index in [1.165, 1.54) is 15.2 Å². The zero-order chi connectivity index (χ0) is 66.2. The van der Waals surface area contributed by atoms with Gasteiger partial charge < -0.3 is 53.5 Å². The topological polar surface area (TPSA) is 216 Å². The van der Waals surface area contributed by atoms with Crippen LogP contribution in [0.15, 0.2) is 0 Å². The van der Waals surface area contributed by atoms with Crippen LogP contribution in [-0.4, -0.2) is 188 Å². The van der Waals surface area contributed by atoms with Crippen LogP contribution < -0.4 is 0 Å². The van der Waals surface area contributed by atoms with Crippen LogP contribution >= 0.6 is 0 Å². The van der Waals surface area contributed by atoms with Crippen LogP contribution in [0.4, 0.5) is 0 Å². The molecular formula is C69H128N4O15. The molecule has 3 N–H and O–H groups in total. The Bertz CT molecular complexity index is 1810. The van der Waals surface area contributed by atoms with Crippen molar-refractivity contribution in [3.05, 3.63) is 0 Å². The van der Waals surface area contributed by atoms with E-state index in [0.29, 0.717) is 129 Å². The zero-order valence-electron chi connectivity index (χ0n) is 59.0. The Labute approximate surface area is 532 Å². The predicted octanol–water partition coefficient (Wildman–Crippen LogP) is 13.4. The van der Waals surface area contributed by atoms with E-state index in [4.69, 9.17) is 37.9 Å². The van der Waals surface area contributed by atoms with Crippen molar-refractivity contribution in [1.82, 2.24) is 20.1 Å². The van der Waals surface area contributed by atoms with Crippen LogP contribution in [0.5, 0.6) is 0 Å². The Balaban J connectivity index is 1.46. The van der Waals surface area contributed by atoms with Crippen molar-refractivity contribution in [2.45, 2.75) is 347 Å². The highest BCUT2D eigenvalue weighted by Crippen LogP contribution is 2.43. The first-order valence-corrected chi connectivity index (χ1v) is 34.1. The quantitative estimate of drug-likeness (QED) is 0.0228. The Morgan fingerprint density at radius 3 is 0.750 bits per heavy atom. The van der Waals surface area contributed by atoms with Gasteiger partial charge in [-0.05, 0) is 195 Å². The first kappa shape index (κ1) is 77.9. The molecule has 0 spiro atoms. The lowest BCUT2D eigenvalue weighted by molar-refractivity contribution is -0.261. The van der Waals surface area contributed by atoms with Crippen molar-refractivity contribution in [3.8, 4) is 0 Å². The van der Waals surface area contributed by atoms with Gasteiger partial charge in [-0.2, -0.15) is 15.2 Å². The molecule has 0 aromatic heterocycles. The second-order valence-electron chi connectivity index (χ2n) is 31.8.